The highest BCUT2D eigenvalue weighted by molar-refractivity contribution is 7.91. The molecule has 10 heteroatoms. The fraction of sp³-hybridized carbons (Fsp3) is 0.294. The molecule has 0 aliphatic rings. The predicted octanol–water partition coefficient (Wildman–Crippen LogP) is 7.25. The zero-order valence-corrected chi connectivity index (χ0v) is 26.4. The van der Waals surface area contributed by atoms with E-state index in [1.807, 2.05) is 0 Å². The van der Waals surface area contributed by atoms with Crippen molar-refractivity contribution in [3.8, 4) is 23.0 Å². The smallest absolute Gasteiger partial charge is 0.206 e. The van der Waals surface area contributed by atoms with Crippen molar-refractivity contribution in [3.05, 3.63) is 97.1 Å². The summed E-state index contributed by atoms with van der Waals surface area (Å²) in [7, 11) is -7.30. The van der Waals surface area contributed by atoms with Crippen LogP contribution in [0.1, 0.15) is 45.4 Å². The maximum absolute atomic E-state index is 13.0. The minimum absolute atomic E-state index is 0.00674. The molecule has 0 saturated heterocycles. The molecule has 0 spiro atoms. The lowest BCUT2D eigenvalue weighted by Crippen LogP contribution is -2.03. The molecule has 234 valence electrons. The monoisotopic (exact) mass is 638 g/mol. The van der Waals surface area contributed by atoms with Crippen LogP contribution in [0.25, 0.3) is 0 Å². The minimum atomic E-state index is -3.66. The van der Waals surface area contributed by atoms with Crippen molar-refractivity contribution < 1.29 is 36.2 Å². The van der Waals surface area contributed by atoms with E-state index in [-0.39, 0.29) is 25.3 Å². The molecule has 44 heavy (non-hydrogen) atoms. The van der Waals surface area contributed by atoms with E-state index in [0.717, 1.165) is 38.5 Å². The Bertz CT molecular complexity index is 1660. The van der Waals surface area contributed by atoms with E-state index in [2.05, 4.69) is 6.92 Å². The molecule has 4 aromatic carbocycles. The summed E-state index contributed by atoms with van der Waals surface area (Å²) in [5, 5.41) is 9.39. The maximum atomic E-state index is 13.0. The Labute approximate surface area is 260 Å². The molecule has 0 heterocycles. The van der Waals surface area contributed by atoms with Crippen molar-refractivity contribution in [1.82, 2.24) is 0 Å². The first-order valence-electron chi connectivity index (χ1n) is 14.7. The summed E-state index contributed by atoms with van der Waals surface area (Å²) in [5.74, 6) is 1.87. The van der Waals surface area contributed by atoms with E-state index in [9.17, 15) is 21.9 Å². The Morgan fingerprint density at radius 1 is 0.455 bits per heavy atom. The number of unbranched alkanes of at least 4 members (excludes halogenated alkanes) is 4. The van der Waals surface area contributed by atoms with Gasteiger partial charge in [0.1, 0.15) is 23.0 Å². The lowest BCUT2D eigenvalue weighted by atomic mass is 10.2. The molecule has 0 bridgehead atoms. The maximum Gasteiger partial charge on any atom is 0.206 e. The van der Waals surface area contributed by atoms with Crippen LogP contribution in [0.4, 0.5) is 0 Å². The molecule has 0 unspecified atom stereocenters. The SMILES string of the molecule is CCCCOc1ccc(S(=O)(=O)c2ccc(OCCCCCCOc3ccc(S(=O)(=O)c4ccc(O)cc4)cc3)cc2)cc1. The van der Waals surface area contributed by atoms with E-state index in [1.165, 1.54) is 36.4 Å². The largest absolute Gasteiger partial charge is 0.508 e. The van der Waals surface area contributed by atoms with Crippen molar-refractivity contribution in [1.29, 1.82) is 0 Å². The molecule has 0 atom stereocenters. The second-order valence-electron chi connectivity index (χ2n) is 10.2. The molecule has 0 fully saturated rings. The fourth-order valence-electron chi connectivity index (χ4n) is 4.31. The van der Waals surface area contributed by atoms with E-state index in [1.54, 1.807) is 60.7 Å². The fourth-order valence-corrected chi connectivity index (χ4v) is 6.84. The van der Waals surface area contributed by atoms with Gasteiger partial charge in [0.2, 0.25) is 19.7 Å². The Kier molecular flexibility index (Phi) is 11.7. The van der Waals surface area contributed by atoms with Crippen LogP contribution in [0.15, 0.2) is 117 Å². The van der Waals surface area contributed by atoms with Crippen LogP contribution in [0.2, 0.25) is 0 Å². The van der Waals surface area contributed by atoms with E-state index < -0.39 is 19.7 Å². The molecule has 0 aliphatic heterocycles. The molecule has 1 N–H and O–H groups in total. The lowest BCUT2D eigenvalue weighted by molar-refractivity contribution is 0.287. The van der Waals surface area contributed by atoms with Crippen molar-refractivity contribution in [2.24, 2.45) is 0 Å². The van der Waals surface area contributed by atoms with Gasteiger partial charge >= 0.3 is 0 Å². The quantitative estimate of drug-likeness (QED) is 0.120. The highest BCUT2D eigenvalue weighted by atomic mass is 32.2. The van der Waals surface area contributed by atoms with Gasteiger partial charge in [0.25, 0.3) is 0 Å². The third-order valence-corrected chi connectivity index (χ3v) is 10.5. The summed E-state index contributed by atoms with van der Waals surface area (Å²) in [6, 6.07) is 24.7. The average Bonchev–Trinajstić information content (AvgIpc) is 3.03. The van der Waals surface area contributed by atoms with Crippen molar-refractivity contribution in [2.45, 2.75) is 65.0 Å². The zero-order chi connectivity index (χ0) is 31.4. The number of benzene rings is 4. The van der Waals surface area contributed by atoms with Crippen LogP contribution in [0.5, 0.6) is 23.0 Å². The Balaban J connectivity index is 1.13. The first-order valence-corrected chi connectivity index (χ1v) is 17.6. The molecular formula is C34H38O8S2. The van der Waals surface area contributed by atoms with Gasteiger partial charge in [0, 0.05) is 0 Å². The van der Waals surface area contributed by atoms with Crippen LogP contribution < -0.4 is 14.2 Å². The summed E-state index contributed by atoms with van der Waals surface area (Å²) in [5.41, 5.74) is 0. The van der Waals surface area contributed by atoms with Crippen LogP contribution in [-0.4, -0.2) is 41.8 Å². The normalized spacial score (nSPS) is 11.7. The third kappa shape index (κ3) is 9.00. The Hall–Kier alpha value is -4.02. The molecular weight excluding hydrogens is 601 g/mol. The molecule has 8 nitrogen and oxygen atoms in total. The molecule has 0 amide bonds. The number of aromatic hydroxyl groups is 1. The van der Waals surface area contributed by atoms with Gasteiger partial charge in [-0.2, -0.15) is 0 Å². The van der Waals surface area contributed by atoms with E-state index in [4.69, 9.17) is 14.2 Å². The highest BCUT2D eigenvalue weighted by Crippen LogP contribution is 2.26. The lowest BCUT2D eigenvalue weighted by Gasteiger charge is -2.10. The van der Waals surface area contributed by atoms with Gasteiger partial charge in [-0.3, -0.25) is 0 Å². The van der Waals surface area contributed by atoms with Gasteiger partial charge in [-0.05, 0) is 129 Å². The summed E-state index contributed by atoms with van der Waals surface area (Å²) < 4.78 is 68.6. The highest BCUT2D eigenvalue weighted by Gasteiger charge is 2.19. The van der Waals surface area contributed by atoms with Crippen LogP contribution in [0.3, 0.4) is 0 Å². The van der Waals surface area contributed by atoms with Crippen LogP contribution >= 0.6 is 0 Å². The number of phenols is 1. The Morgan fingerprint density at radius 2 is 0.750 bits per heavy atom. The zero-order valence-electron chi connectivity index (χ0n) is 24.7. The second kappa shape index (κ2) is 15.6. The third-order valence-electron chi connectivity index (χ3n) is 6.89. The molecule has 0 aromatic heterocycles. The standard InChI is InChI=1S/C34H38O8S2/c1-2-3-24-40-28-10-18-33(19-11-28)44(38,39)34-22-14-30(15-23-34)42-26-7-5-4-6-25-41-29-12-20-32(21-13-29)43(36,37)31-16-8-27(35)9-17-31/h8-23,35H,2-7,24-26H2,1H3. The van der Waals surface area contributed by atoms with Crippen LogP contribution in [-0.2, 0) is 19.7 Å². The number of ether oxygens (including phenoxy) is 3. The topological polar surface area (TPSA) is 116 Å². The van der Waals surface area contributed by atoms with Gasteiger partial charge < -0.3 is 19.3 Å². The van der Waals surface area contributed by atoms with E-state index >= 15 is 0 Å². The molecule has 0 aliphatic carbocycles. The average molecular weight is 639 g/mol. The predicted molar refractivity (Wildman–Crippen MR) is 168 cm³/mol. The second-order valence-corrected chi connectivity index (χ2v) is 14.1. The summed E-state index contributed by atoms with van der Waals surface area (Å²) in [6.07, 6.45) is 5.54. The molecule has 0 radical (unpaired) electrons. The number of phenolic OH excluding ortho intramolecular Hbond substituents is 1. The van der Waals surface area contributed by atoms with Gasteiger partial charge in [-0.15, -0.1) is 0 Å². The first kappa shape index (κ1) is 32.9. The summed E-state index contributed by atoms with van der Waals surface area (Å²) in [6.45, 7) is 3.72. The number of hydrogen-bond acceptors (Lipinski definition) is 8. The number of rotatable bonds is 17. The van der Waals surface area contributed by atoms with Crippen molar-refractivity contribution >= 4 is 19.7 Å². The van der Waals surface area contributed by atoms with Crippen molar-refractivity contribution in [3.63, 3.8) is 0 Å². The van der Waals surface area contributed by atoms with Gasteiger partial charge in [-0.25, -0.2) is 16.8 Å². The van der Waals surface area contributed by atoms with Gasteiger partial charge in [0.05, 0.1) is 39.4 Å². The number of sulfone groups is 2. The molecule has 4 rings (SSSR count). The first-order chi connectivity index (χ1) is 21.2. The van der Waals surface area contributed by atoms with Gasteiger partial charge in [0.15, 0.2) is 0 Å². The van der Waals surface area contributed by atoms with E-state index in [0.29, 0.717) is 37.1 Å². The number of hydrogen-bond donors (Lipinski definition) is 1. The molecule has 0 saturated carbocycles. The Morgan fingerprint density at radius 3 is 1.07 bits per heavy atom. The van der Waals surface area contributed by atoms with Crippen molar-refractivity contribution in [2.75, 3.05) is 19.8 Å². The minimum Gasteiger partial charge on any atom is -0.508 e. The molecule has 4 aromatic rings. The van der Waals surface area contributed by atoms with Gasteiger partial charge in [-0.1, -0.05) is 13.3 Å². The summed E-state index contributed by atoms with van der Waals surface area (Å²) >= 11 is 0. The summed E-state index contributed by atoms with van der Waals surface area (Å²) in [4.78, 5) is 0.695. The van der Waals surface area contributed by atoms with Crippen LogP contribution in [0, 0.1) is 0 Å².